The molecule has 0 saturated carbocycles. The molecule has 4 aromatic rings. The molecule has 11 nitrogen and oxygen atoms in total. The minimum absolute atomic E-state index is 0.130. The number of piperidine rings is 1. The maximum absolute atomic E-state index is 13.0. The lowest BCUT2D eigenvalue weighted by atomic mass is 9.96. The van der Waals surface area contributed by atoms with Gasteiger partial charge in [-0.15, -0.1) is 5.10 Å². The van der Waals surface area contributed by atoms with Crippen molar-refractivity contribution in [2.45, 2.75) is 25.3 Å². The van der Waals surface area contributed by atoms with E-state index in [9.17, 15) is 19.7 Å². The molecule has 1 fully saturated rings. The molecule has 0 spiro atoms. The van der Waals surface area contributed by atoms with Crippen LogP contribution >= 0.6 is 0 Å². The van der Waals surface area contributed by atoms with Gasteiger partial charge in [0.15, 0.2) is 11.2 Å². The number of fused-ring (bicyclic) bond motifs is 1. The topological polar surface area (TPSA) is 140 Å². The zero-order valence-electron chi connectivity index (χ0n) is 18.1. The molecular weight excluding hydrogens is 438 g/mol. The molecule has 1 N–H and O–H groups in total. The van der Waals surface area contributed by atoms with E-state index in [1.165, 1.54) is 18.2 Å². The summed E-state index contributed by atoms with van der Waals surface area (Å²) in [6, 6.07) is 15.4. The Morgan fingerprint density at radius 2 is 2.00 bits per heavy atom. The van der Waals surface area contributed by atoms with E-state index in [0.29, 0.717) is 37.5 Å². The molecule has 0 radical (unpaired) electrons. The Hall–Kier alpha value is -4.41. The Morgan fingerprint density at radius 3 is 2.79 bits per heavy atom. The maximum Gasteiger partial charge on any atom is 0.281 e. The summed E-state index contributed by atoms with van der Waals surface area (Å²) in [5, 5.41) is 19.2. The predicted molar refractivity (Wildman–Crippen MR) is 122 cm³/mol. The second-order valence-corrected chi connectivity index (χ2v) is 8.25. The van der Waals surface area contributed by atoms with Crippen LogP contribution < -0.4 is 5.56 Å². The van der Waals surface area contributed by atoms with Crippen molar-refractivity contribution in [2.24, 2.45) is 0 Å². The lowest BCUT2D eigenvalue weighted by Crippen LogP contribution is -2.40. The number of non-ortho nitro benzene ring substituents is 1. The molecule has 0 bridgehead atoms. The van der Waals surface area contributed by atoms with Gasteiger partial charge in [0.2, 0.25) is 0 Å². The molecule has 11 heteroatoms. The van der Waals surface area contributed by atoms with Crippen molar-refractivity contribution >= 4 is 22.8 Å². The van der Waals surface area contributed by atoms with Gasteiger partial charge in [-0.05, 0) is 24.5 Å². The molecule has 1 saturated heterocycles. The van der Waals surface area contributed by atoms with Gasteiger partial charge in [-0.1, -0.05) is 41.6 Å². The molecule has 5 rings (SSSR count). The van der Waals surface area contributed by atoms with Crippen LogP contribution in [0.3, 0.4) is 0 Å². The first-order chi connectivity index (χ1) is 16.5. The Kier molecular flexibility index (Phi) is 5.58. The van der Waals surface area contributed by atoms with Crippen molar-refractivity contribution < 1.29 is 9.72 Å². The zero-order valence-corrected chi connectivity index (χ0v) is 18.1. The largest absolute Gasteiger partial charge is 0.338 e. The summed E-state index contributed by atoms with van der Waals surface area (Å²) in [5.74, 6) is 0.00633. The first-order valence-corrected chi connectivity index (χ1v) is 10.9. The van der Waals surface area contributed by atoms with E-state index in [1.54, 1.807) is 15.6 Å². The second-order valence-electron chi connectivity index (χ2n) is 8.25. The summed E-state index contributed by atoms with van der Waals surface area (Å²) in [6.45, 7) is 1.30. The molecule has 1 atom stereocenters. The smallest absolute Gasteiger partial charge is 0.281 e. The number of nitro benzene ring substituents is 1. The SMILES string of the molecule is O=C(c1cccc([N+](=O)[O-])c1)N1CCC[C@H](c2nc3c(nnn3Cc3ccccc3)c(=O)[nH]2)C1. The fraction of sp³-hybridized carbons (Fsp3) is 0.261. The molecule has 34 heavy (non-hydrogen) atoms. The molecule has 0 aliphatic carbocycles. The van der Waals surface area contributed by atoms with Crippen LogP contribution in [-0.2, 0) is 6.54 Å². The highest BCUT2D eigenvalue weighted by atomic mass is 16.6. The average molecular weight is 459 g/mol. The van der Waals surface area contributed by atoms with E-state index in [2.05, 4.69) is 20.3 Å². The molecule has 2 aromatic carbocycles. The maximum atomic E-state index is 13.0. The standard InChI is InChI=1S/C23H21N7O4/c31-22-19-21(29(27-26-19)13-15-6-2-1-3-7-15)24-20(25-22)17-9-5-11-28(14-17)23(32)16-8-4-10-18(12-16)30(33)34/h1-4,6-8,10,12,17H,5,9,11,13-14H2,(H,24,25,31)/t17-/m0/s1. The number of aromatic nitrogens is 5. The van der Waals surface area contributed by atoms with Gasteiger partial charge in [-0.3, -0.25) is 19.7 Å². The number of aromatic amines is 1. The third kappa shape index (κ3) is 4.15. The van der Waals surface area contributed by atoms with Crippen LogP contribution in [0.15, 0.2) is 59.4 Å². The number of carbonyl (C=O) groups excluding carboxylic acids is 1. The van der Waals surface area contributed by atoms with Crippen LogP contribution in [-0.4, -0.2) is 53.8 Å². The predicted octanol–water partition coefficient (Wildman–Crippen LogP) is 2.49. The number of hydrogen-bond acceptors (Lipinski definition) is 7. The number of carbonyl (C=O) groups is 1. The van der Waals surface area contributed by atoms with Crippen molar-refractivity contribution in [2.75, 3.05) is 13.1 Å². The number of H-pyrrole nitrogens is 1. The highest BCUT2D eigenvalue weighted by molar-refractivity contribution is 5.95. The summed E-state index contributed by atoms with van der Waals surface area (Å²) in [6.07, 6.45) is 1.46. The number of likely N-dealkylation sites (tertiary alicyclic amines) is 1. The highest BCUT2D eigenvalue weighted by Gasteiger charge is 2.28. The summed E-state index contributed by atoms with van der Waals surface area (Å²) < 4.78 is 1.60. The Balaban J connectivity index is 1.41. The van der Waals surface area contributed by atoms with Gasteiger partial charge in [-0.25, -0.2) is 9.67 Å². The number of benzene rings is 2. The number of rotatable bonds is 5. The monoisotopic (exact) mass is 459 g/mol. The molecule has 172 valence electrons. The van der Waals surface area contributed by atoms with Crippen molar-refractivity contribution in [1.82, 2.24) is 29.9 Å². The van der Waals surface area contributed by atoms with Gasteiger partial charge in [-0.2, -0.15) is 0 Å². The van der Waals surface area contributed by atoms with Gasteiger partial charge < -0.3 is 9.88 Å². The number of nitrogens with zero attached hydrogens (tertiary/aromatic N) is 6. The molecule has 1 aliphatic rings. The fourth-order valence-corrected chi connectivity index (χ4v) is 4.26. The molecule has 2 aromatic heterocycles. The van der Waals surface area contributed by atoms with Crippen molar-refractivity contribution in [3.05, 3.63) is 92.0 Å². The summed E-state index contributed by atoms with van der Waals surface area (Å²) in [4.78, 5) is 45.4. The second kappa shape index (κ2) is 8.85. The minimum Gasteiger partial charge on any atom is -0.338 e. The third-order valence-electron chi connectivity index (χ3n) is 5.97. The van der Waals surface area contributed by atoms with E-state index >= 15 is 0 Å². The average Bonchev–Trinajstić information content (AvgIpc) is 3.27. The summed E-state index contributed by atoms with van der Waals surface area (Å²) in [5.41, 5.74) is 1.32. The van der Waals surface area contributed by atoms with E-state index < -0.39 is 4.92 Å². The van der Waals surface area contributed by atoms with E-state index in [0.717, 1.165) is 12.0 Å². The van der Waals surface area contributed by atoms with Crippen LogP contribution in [0.1, 0.15) is 40.5 Å². The van der Waals surface area contributed by atoms with Crippen molar-refractivity contribution in [3.8, 4) is 0 Å². The Bertz CT molecular complexity index is 1430. The number of hydrogen-bond donors (Lipinski definition) is 1. The Morgan fingerprint density at radius 1 is 1.18 bits per heavy atom. The first-order valence-electron chi connectivity index (χ1n) is 10.9. The zero-order chi connectivity index (χ0) is 23.7. The van der Waals surface area contributed by atoms with E-state index in [4.69, 9.17) is 0 Å². The molecule has 1 aliphatic heterocycles. The molecular formula is C23H21N7O4. The van der Waals surface area contributed by atoms with Crippen LogP contribution in [0.5, 0.6) is 0 Å². The lowest BCUT2D eigenvalue weighted by molar-refractivity contribution is -0.384. The summed E-state index contributed by atoms with van der Waals surface area (Å²) >= 11 is 0. The van der Waals surface area contributed by atoms with Gasteiger partial charge >= 0.3 is 0 Å². The molecule has 1 amide bonds. The quantitative estimate of drug-likeness (QED) is 0.357. The van der Waals surface area contributed by atoms with E-state index in [1.807, 2.05) is 30.3 Å². The van der Waals surface area contributed by atoms with Crippen LogP contribution in [0.4, 0.5) is 5.69 Å². The molecule has 3 heterocycles. The van der Waals surface area contributed by atoms with Gasteiger partial charge in [0.1, 0.15) is 5.82 Å². The van der Waals surface area contributed by atoms with Crippen molar-refractivity contribution in [1.29, 1.82) is 0 Å². The number of amides is 1. The van der Waals surface area contributed by atoms with Gasteiger partial charge in [0.25, 0.3) is 17.2 Å². The normalized spacial score (nSPS) is 16.0. The first kappa shape index (κ1) is 21.4. The minimum atomic E-state index is -0.522. The van der Waals surface area contributed by atoms with Gasteiger partial charge in [0.05, 0.1) is 11.5 Å². The van der Waals surface area contributed by atoms with Gasteiger partial charge in [0, 0.05) is 36.7 Å². The van der Waals surface area contributed by atoms with Crippen molar-refractivity contribution in [3.63, 3.8) is 0 Å². The number of nitrogens with one attached hydrogen (secondary N) is 1. The lowest BCUT2D eigenvalue weighted by Gasteiger charge is -2.32. The van der Waals surface area contributed by atoms with Crippen LogP contribution in [0.2, 0.25) is 0 Å². The Labute approximate surface area is 193 Å². The highest BCUT2D eigenvalue weighted by Crippen LogP contribution is 2.26. The van der Waals surface area contributed by atoms with E-state index in [-0.39, 0.29) is 34.2 Å². The van der Waals surface area contributed by atoms with Crippen LogP contribution in [0.25, 0.3) is 11.2 Å². The fourth-order valence-electron chi connectivity index (χ4n) is 4.26. The third-order valence-corrected chi connectivity index (χ3v) is 5.97. The number of nitro groups is 1. The molecule has 0 unspecified atom stereocenters. The van der Waals surface area contributed by atoms with Crippen LogP contribution in [0, 0.1) is 10.1 Å². The summed E-state index contributed by atoms with van der Waals surface area (Å²) in [7, 11) is 0.